The van der Waals surface area contributed by atoms with Gasteiger partial charge in [-0.25, -0.2) is 0 Å². The van der Waals surface area contributed by atoms with Gasteiger partial charge in [-0.1, -0.05) is 18.1 Å². The third-order valence-electron chi connectivity index (χ3n) is 4.06. The fraction of sp³-hybridized carbons (Fsp3) is 0.471. The Hall–Kier alpha value is -1.42. The van der Waals surface area contributed by atoms with E-state index in [1.54, 1.807) is 7.05 Å². The lowest BCUT2D eigenvalue weighted by molar-refractivity contribution is 0.374. The van der Waals surface area contributed by atoms with E-state index in [2.05, 4.69) is 58.1 Å². The Labute approximate surface area is 151 Å². The summed E-state index contributed by atoms with van der Waals surface area (Å²) in [5.74, 6) is 3.49. The first-order chi connectivity index (χ1) is 10.2. The lowest BCUT2D eigenvalue weighted by atomic mass is 10.1. The highest BCUT2D eigenvalue weighted by Gasteiger charge is 2.20. The van der Waals surface area contributed by atoms with E-state index in [9.17, 15) is 0 Å². The van der Waals surface area contributed by atoms with Crippen LogP contribution in [0.15, 0.2) is 23.2 Å². The lowest BCUT2D eigenvalue weighted by Gasteiger charge is -2.38. The third kappa shape index (κ3) is 4.29. The molecular formula is C17H25IN4. The predicted molar refractivity (Wildman–Crippen MR) is 105 cm³/mol. The number of piperazine rings is 1. The van der Waals surface area contributed by atoms with Crippen LogP contribution in [0.3, 0.4) is 0 Å². The second-order valence-corrected chi connectivity index (χ2v) is 5.30. The van der Waals surface area contributed by atoms with E-state index < -0.39 is 0 Å². The molecule has 1 aromatic rings. The molecule has 1 saturated heterocycles. The number of aliphatic imine (C=N–C) groups is 1. The van der Waals surface area contributed by atoms with Crippen molar-refractivity contribution in [2.45, 2.75) is 13.8 Å². The number of halogens is 1. The summed E-state index contributed by atoms with van der Waals surface area (Å²) in [5.41, 5.74) is 4.07. The number of hydrogen-bond acceptors (Lipinski definition) is 2. The Balaban J connectivity index is 0.00000242. The molecule has 120 valence electrons. The summed E-state index contributed by atoms with van der Waals surface area (Å²) in [5, 5.41) is 3.19. The fourth-order valence-electron chi connectivity index (χ4n) is 2.70. The van der Waals surface area contributed by atoms with Crippen LogP contribution in [0.5, 0.6) is 0 Å². The fourth-order valence-corrected chi connectivity index (χ4v) is 2.70. The minimum absolute atomic E-state index is 0. The first-order valence-electron chi connectivity index (χ1n) is 7.37. The molecule has 1 aliphatic rings. The first-order valence-corrected chi connectivity index (χ1v) is 7.37. The Kier molecular flexibility index (Phi) is 7.52. The Morgan fingerprint density at radius 2 is 1.95 bits per heavy atom. The molecule has 1 heterocycles. The summed E-state index contributed by atoms with van der Waals surface area (Å²) < 4.78 is 0. The molecule has 0 aliphatic carbocycles. The highest BCUT2D eigenvalue weighted by molar-refractivity contribution is 14.0. The normalized spacial score (nSPS) is 15.1. The number of terminal acetylenes is 1. The first kappa shape index (κ1) is 18.6. The zero-order chi connectivity index (χ0) is 15.2. The molecule has 2 rings (SSSR count). The van der Waals surface area contributed by atoms with E-state index in [4.69, 9.17) is 6.42 Å². The maximum Gasteiger partial charge on any atom is 0.194 e. The van der Waals surface area contributed by atoms with Gasteiger partial charge in [0.15, 0.2) is 5.96 Å². The standard InChI is InChI=1S/C17H24N4.HI/c1-5-9-19-17(18-4)21-12-10-20(11-13-21)16-8-6-7-14(2)15(16)3;/h1,6-8H,9-13H2,2-4H3,(H,18,19);1H. The number of benzene rings is 1. The van der Waals surface area contributed by atoms with Crippen LogP contribution in [0.25, 0.3) is 0 Å². The third-order valence-corrected chi connectivity index (χ3v) is 4.06. The Morgan fingerprint density at radius 3 is 2.55 bits per heavy atom. The molecule has 0 amide bonds. The van der Waals surface area contributed by atoms with Crippen LogP contribution < -0.4 is 10.2 Å². The number of guanidine groups is 1. The van der Waals surface area contributed by atoms with Gasteiger partial charge >= 0.3 is 0 Å². The highest BCUT2D eigenvalue weighted by Crippen LogP contribution is 2.23. The zero-order valence-electron chi connectivity index (χ0n) is 13.6. The molecule has 0 aromatic heterocycles. The van der Waals surface area contributed by atoms with Crippen LogP contribution in [-0.4, -0.2) is 50.6 Å². The van der Waals surface area contributed by atoms with Crippen LogP contribution >= 0.6 is 24.0 Å². The van der Waals surface area contributed by atoms with E-state index in [1.807, 2.05) is 0 Å². The van der Waals surface area contributed by atoms with Gasteiger partial charge < -0.3 is 15.1 Å². The molecular weight excluding hydrogens is 387 g/mol. The molecule has 1 aromatic carbocycles. The molecule has 4 nitrogen and oxygen atoms in total. The van der Waals surface area contributed by atoms with Crippen molar-refractivity contribution in [3.63, 3.8) is 0 Å². The SMILES string of the molecule is C#CCNC(=NC)N1CCN(c2cccc(C)c2C)CC1.I. The smallest absolute Gasteiger partial charge is 0.194 e. The van der Waals surface area contributed by atoms with Crippen molar-refractivity contribution < 1.29 is 0 Å². The van der Waals surface area contributed by atoms with Gasteiger partial charge in [0.2, 0.25) is 0 Å². The molecule has 22 heavy (non-hydrogen) atoms. The summed E-state index contributed by atoms with van der Waals surface area (Å²) in [6.07, 6.45) is 5.30. The van der Waals surface area contributed by atoms with Gasteiger partial charge in [-0.2, -0.15) is 0 Å². The summed E-state index contributed by atoms with van der Waals surface area (Å²) in [7, 11) is 1.80. The minimum Gasteiger partial charge on any atom is -0.368 e. The van der Waals surface area contributed by atoms with Crippen molar-refractivity contribution >= 4 is 35.6 Å². The van der Waals surface area contributed by atoms with E-state index in [0.29, 0.717) is 6.54 Å². The van der Waals surface area contributed by atoms with E-state index in [1.165, 1.54) is 16.8 Å². The average Bonchev–Trinajstić information content (AvgIpc) is 2.51. The molecule has 1 aliphatic heterocycles. The van der Waals surface area contributed by atoms with Crippen molar-refractivity contribution in [3.05, 3.63) is 29.3 Å². The van der Waals surface area contributed by atoms with Crippen molar-refractivity contribution in [2.75, 3.05) is 44.7 Å². The predicted octanol–water partition coefficient (Wildman–Crippen LogP) is 2.25. The van der Waals surface area contributed by atoms with Crippen LogP contribution in [0, 0.1) is 26.2 Å². The molecule has 1 fully saturated rings. The van der Waals surface area contributed by atoms with E-state index in [-0.39, 0.29) is 24.0 Å². The number of nitrogens with zero attached hydrogens (tertiary/aromatic N) is 3. The number of aryl methyl sites for hydroxylation is 1. The topological polar surface area (TPSA) is 30.9 Å². The molecule has 0 atom stereocenters. The van der Waals surface area contributed by atoms with Crippen LogP contribution in [0.1, 0.15) is 11.1 Å². The lowest BCUT2D eigenvalue weighted by Crippen LogP contribution is -2.52. The summed E-state index contributed by atoms with van der Waals surface area (Å²) in [4.78, 5) is 9.01. The highest BCUT2D eigenvalue weighted by atomic mass is 127. The van der Waals surface area contributed by atoms with Crippen molar-refractivity contribution in [2.24, 2.45) is 4.99 Å². The molecule has 0 bridgehead atoms. The Morgan fingerprint density at radius 1 is 1.27 bits per heavy atom. The van der Waals surface area contributed by atoms with Gasteiger partial charge in [0.05, 0.1) is 6.54 Å². The maximum absolute atomic E-state index is 5.30. The van der Waals surface area contributed by atoms with Crippen LogP contribution in [0.4, 0.5) is 5.69 Å². The average molecular weight is 412 g/mol. The van der Waals surface area contributed by atoms with Gasteiger partial charge in [-0.15, -0.1) is 30.4 Å². The molecule has 0 unspecified atom stereocenters. The van der Waals surface area contributed by atoms with Crippen LogP contribution in [-0.2, 0) is 0 Å². The van der Waals surface area contributed by atoms with Gasteiger partial charge in [-0.3, -0.25) is 4.99 Å². The molecule has 0 radical (unpaired) electrons. The maximum atomic E-state index is 5.30. The molecule has 0 saturated carbocycles. The van der Waals surface area contributed by atoms with E-state index in [0.717, 1.165) is 32.1 Å². The molecule has 0 spiro atoms. The van der Waals surface area contributed by atoms with Gasteiger partial charge in [0.1, 0.15) is 0 Å². The Bertz CT molecular complexity index is 554. The summed E-state index contributed by atoms with van der Waals surface area (Å²) in [6, 6.07) is 6.52. The number of hydrogen-bond donors (Lipinski definition) is 1. The minimum atomic E-state index is 0. The van der Waals surface area contributed by atoms with Crippen molar-refractivity contribution in [1.29, 1.82) is 0 Å². The zero-order valence-corrected chi connectivity index (χ0v) is 15.9. The van der Waals surface area contributed by atoms with Crippen LogP contribution in [0.2, 0.25) is 0 Å². The van der Waals surface area contributed by atoms with E-state index >= 15 is 0 Å². The quantitative estimate of drug-likeness (QED) is 0.350. The second kappa shape index (κ2) is 8.89. The molecule has 1 N–H and O–H groups in total. The van der Waals surface area contributed by atoms with Crippen molar-refractivity contribution in [3.8, 4) is 12.3 Å². The van der Waals surface area contributed by atoms with Gasteiger partial charge in [0, 0.05) is 38.9 Å². The number of anilines is 1. The number of nitrogens with one attached hydrogen (secondary N) is 1. The monoisotopic (exact) mass is 412 g/mol. The second-order valence-electron chi connectivity index (χ2n) is 5.30. The largest absolute Gasteiger partial charge is 0.368 e. The van der Waals surface area contributed by atoms with Crippen molar-refractivity contribution in [1.82, 2.24) is 10.2 Å². The molecule has 5 heteroatoms. The number of rotatable bonds is 2. The van der Waals surface area contributed by atoms with Gasteiger partial charge in [0.25, 0.3) is 0 Å². The summed E-state index contributed by atoms with van der Waals surface area (Å²) >= 11 is 0. The summed E-state index contributed by atoms with van der Waals surface area (Å²) in [6.45, 7) is 8.80. The van der Waals surface area contributed by atoms with Gasteiger partial charge in [-0.05, 0) is 31.0 Å².